The summed E-state index contributed by atoms with van der Waals surface area (Å²) in [6, 6.07) is 26.4. The normalized spacial score (nSPS) is 12.2. The monoisotopic (exact) mass is 595 g/mol. The molecule has 0 aliphatic carbocycles. The van der Waals surface area contributed by atoms with Crippen LogP contribution in [-0.4, -0.2) is 41.1 Å². The van der Waals surface area contributed by atoms with E-state index in [2.05, 4.69) is 27.9 Å². The third-order valence-corrected chi connectivity index (χ3v) is 7.17. The summed E-state index contributed by atoms with van der Waals surface area (Å²) in [6.45, 7) is 5.68. The van der Waals surface area contributed by atoms with Crippen molar-refractivity contribution in [3.63, 3.8) is 0 Å². The Bertz CT molecular complexity index is 1510. The van der Waals surface area contributed by atoms with Crippen LogP contribution >= 0.6 is 0 Å². The molecule has 0 bridgehead atoms. The summed E-state index contributed by atoms with van der Waals surface area (Å²) >= 11 is 0. The number of rotatable bonds is 15. The zero-order chi connectivity index (χ0) is 31.3. The Hall–Kier alpha value is -4.73. The number of anilines is 1. The molecule has 6 N–H and O–H groups in total. The van der Waals surface area contributed by atoms with Gasteiger partial charge in [0.15, 0.2) is 0 Å². The fourth-order valence-electron chi connectivity index (χ4n) is 4.78. The highest BCUT2D eigenvalue weighted by molar-refractivity contribution is 5.94. The Kier molecular flexibility index (Phi) is 11.9. The Morgan fingerprint density at radius 2 is 1.68 bits per heavy atom. The molecule has 0 aliphatic rings. The van der Waals surface area contributed by atoms with Crippen LogP contribution in [0.1, 0.15) is 58.1 Å². The molecule has 2 atom stereocenters. The smallest absolute Gasteiger partial charge is 0.251 e. The number of nitrogens with zero attached hydrogens (tertiary/aromatic N) is 1. The number of aliphatic hydroxyl groups excluding tert-OH is 1. The van der Waals surface area contributed by atoms with Crippen molar-refractivity contribution >= 4 is 17.6 Å². The van der Waals surface area contributed by atoms with Gasteiger partial charge in [-0.15, -0.1) is 0 Å². The fourth-order valence-corrected chi connectivity index (χ4v) is 4.78. The van der Waals surface area contributed by atoms with E-state index in [9.17, 15) is 14.7 Å². The number of nitrogen functional groups attached to an aromatic ring is 1. The molecule has 1 heterocycles. The van der Waals surface area contributed by atoms with E-state index in [4.69, 9.17) is 10.5 Å². The lowest BCUT2D eigenvalue weighted by molar-refractivity contribution is -0.120. The first-order chi connectivity index (χ1) is 21.3. The molecule has 44 heavy (non-hydrogen) atoms. The molecule has 230 valence electrons. The van der Waals surface area contributed by atoms with E-state index in [0.717, 1.165) is 34.4 Å². The zero-order valence-electron chi connectivity index (χ0n) is 25.3. The van der Waals surface area contributed by atoms with Crippen molar-refractivity contribution < 1.29 is 19.4 Å². The van der Waals surface area contributed by atoms with Crippen LogP contribution in [0.25, 0.3) is 0 Å². The Morgan fingerprint density at radius 3 is 2.43 bits per heavy atom. The van der Waals surface area contributed by atoms with Gasteiger partial charge in [-0.2, -0.15) is 0 Å². The SMILES string of the molecule is CCOc1ccccc1CNC(=O)c1ccc(CNC(=O)Cc2cccc(CC(C)NC[C@H](O)c3ccc(N)nc3)c2)cc1. The van der Waals surface area contributed by atoms with E-state index in [-0.39, 0.29) is 24.3 Å². The van der Waals surface area contributed by atoms with Crippen LogP contribution in [0.15, 0.2) is 91.1 Å². The minimum atomic E-state index is -0.678. The van der Waals surface area contributed by atoms with Crippen molar-refractivity contribution in [3.05, 3.63) is 125 Å². The molecular weight excluding hydrogens is 554 g/mol. The Balaban J connectivity index is 1.20. The number of carbonyl (C=O) groups is 2. The van der Waals surface area contributed by atoms with Gasteiger partial charge in [-0.3, -0.25) is 9.59 Å². The van der Waals surface area contributed by atoms with E-state index >= 15 is 0 Å². The summed E-state index contributed by atoms with van der Waals surface area (Å²) in [5, 5.41) is 19.7. The summed E-state index contributed by atoms with van der Waals surface area (Å²) in [5.41, 5.74) is 10.7. The quantitative estimate of drug-likeness (QED) is 0.139. The van der Waals surface area contributed by atoms with Crippen molar-refractivity contribution in [2.24, 2.45) is 0 Å². The third kappa shape index (κ3) is 9.93. The second kappa shape index (κ2) is 16.2. The second-order valence-corrected chi connectivity index (χ2v) is 10.7. The van der Waals surface area contributed by atoms with Crippen molar-refractivity contribution in [2.75, 3.05) is 18.9 Å². The predicted octanol–water partition coefficient (Wildman–Crippen LogP) is 4.11. The number of nitrogens with two attached hydrogens (primary N) is 1. The van der Waals surface area contributed by atoms with Crippen molar-refractivity contribution in [1.29, 1.82) is 0 Å². The van der Waals surface area contributed by atoms with Gasteiger partial charge in [0.1, 0.15) is 11.6 Å². The van der Waals surface area contributed by atoms with Gasteiger partial charge in [0, 0.05) is 48.6 Å². The van der Waals surface area contributed by atoms with Crippen molar-refractivity contribution in [2.45, 2.75) is 51.9 Å². The summed E-state index contributed by atoms with van der Waals surface area (Å²) in [6.07, 6.45) is 1.92. The van der Waals surface area contributed by atoms with Gasteiger partial charge in [-0.25, -0.2) is 4.98 Å². The van der Waals surface area contributed by atoms with E-state index in [0.29, 0.717) is 43.2 Å². The summed E-state index contributed by atoms with van der Waals surface area (Å²) in [4.78, 5) is 29.4. The zero-order valence-corrected chi connectivity index (χ0v) is 25.3. The Morgan fingerprint density at radius 1 is 0.909 bits per heavy atom. The van der Waals surface area contributed by atoms with Crippen LogP contribution in [0.2, 0.25) is 0 Å². The highest BCUT2D eigenvalue weighted by Gasteiger charge is 2.12. The van der Waals surface area contributed by atoms with Gasteiger partial charge in [0.05, 0.1) is 19.1 Å². The minimum Gasteiger partial charge on any atom is -0.494 e. The van der Waals surface area contributed by atoms with E-state index in [1.165, 1.54) is 0 Å². The standard InChI is InChI=1S/C35H41N5O4/c1-3-44-32-10-5-4-9-30(32)22-40-35(43)28-13-11-25(12-14-28)20-39-34(42)19-27-8-6-7-26(18-27)17-24(2)37-23-31(41)29-15-16-33(36)38-21-29/h4-16,18,21,24,31,37,41H,3,17,19-20,22-23H2,1-2H3,(H2,36,38)(H,39,42)(H,40,43)/t24?,31-/m0/s1. The van der Waals surface area contributed by atoms with Crippen LogP contribution in [0.3, 0.4) is 0 Å². The second-order valence-electron chi connectivity index (χ2n) is 10.7. The number of benzene rings is 3. The minimum absolute atomic E-state index is 0.0802. The fraction of sp³-hybridized carbons (Fsp3) is 0.286. The number of aromatic nitrogens is 1. The molecule has 0 spiro atoms. The molecule has 3 aromatic carbocycles. The van der Waals surface area contributed by atoms with Crippen LogP contribution in [0.5, 0.6) is 5.75 Å². The van der Waals surface area contributed by atoms with E-state index in [1.807, 2.05) is 67.6 Å². The molecule has 0 aliphatic heterocycles. The number of ether oxygens (including phenoxy) is 1. The molecule has 1 aromatic heterocycles. The molecular formula is C35H41N5O4. The number of para-hydroxylation sites is 1. The lowest BCUT2D eigenvalue weighted by Crippen LogP contribution is -2.32. The molecule has 2 amide bonds. The molecule has 0 radical (unpaired) electrons. The van der Waals surface area contributed by atoms with Crippen molar-refractivity contribution in [1.82, 2.24) is 20.9 Å². The molecule has 4 aromatic rings. The largest absolute Gasteiger partial charge is 0.494 e. The predicted molar refractivity (Wildman–Crippen MR) is 172 cm³/mol. The molecule has 9 nitrogen and oxygen atoms in total. The number of carbonyl (C=O) groups excluding carboxylic acids is 2. The van der Waals surface area contributed by atoms with Crippen LogP contribution in [0, 0.1) is 0 Å². The lowest BCUT2D eigenvalue weighted by Gasteiger charge is -2.18. The number of aliphatic hydroxyl groups is 1. The van der Waals surface area contributed by atoms with Crippen molar-refractivity contribution in [3.8, 4) is 5.75 Å². The number of hydrogen-bond donors (Lipinski definition) is 5. The van der Waals surface area contributed by atoms with Crippen LogP contribution in [0.4, 0.5) is 5.82 Å². The maximum atomic E-state index is 12.7. The molecule has 9 heteroatoms. The first-order valence-electron chi connectivity index (χ1n) is 14.9. The molecule has 0 saturated carbocycles. The van der Waals surface area contributed by atoms with E-state index < -0.39 is 6.10 Å². The van der Waals surface area contributed by atoms with Gasteiger partial charge in [0.2, 0.25) is 5.91 Å². The molecule has 4 rings (SSSR count). The lowest BCUT2D eigenvalue weighted by atomic mass is 10.0. The first-order valence-corrected chi connectivity index (χ1v) is 14.9. The number of hydrogen-bond acceptors (Lipinski definition) is 7. The highest BCUT2D eigenvalue weighted by atomic mass is 16.5. The average molecular weight is 596 g/mol. The summed E-state index contributed by atoms with van der Waals surface area (Å²) < 4.78 is 5.63. The summed E-state index contributed by atoms with van der Waals surface area (Å²) in [5.74, 6) is 0.929. The van der Waals surface area contributed by atoms with Crippen LogP contribution in [-0.2, 0) is 30.7 Å². The number of pyridine rings is 1. The average Bonchev–Trinajstić information content (AvgIpc) is 3.03. The van der Waals surface area contributed by atoms with Gasteiger partial charge < -0.3 is 31.5 Å². The maximum absolute atomic E-state index is 12.7. The Labute approximate surface area is 258 Å². The summed E-state index contributed by atoms with van der Waals surface area (Å²) in [7, 11) is 0. The number of nitrogens with one attached hydrogen (secondary N) is 3. The highest BCUT2D eigenvalue weighted by Crippen LogP contribution is 2.18. The molecule has 0 saturated heterocycles. The van der Waals surface area contributed by atoms with E-state index in [1.54, 1.807) is 30.5 Å². The van der Waals surface area contributed by atoms with Gasteiger partial charge >= 0.3 is 0 Å². The maximum Gasteiger partial charge on any atom is 0.251 e. The van der Waals surface area contributed by atoms with Gasteiger partial charge in [-0.05, 0) is 61.2 Å². The van der Waals surface area contributed by atoms with Crippen LogP contribution < -0.4 is 26.4 Å². The third-order valence-electron chi connectivity index (χ3n) is 7.17. The topological polar surface area (TPSA) is 139 Å². The molecule has 0 fully saturated rings. The number of amides is 2. The van der Waals surface area contributed by atoms with Gasteiger partial charge in [-0.1, -0.05) is 60.7 Å². The molecule has 1 unspecified atom stereocenters. The van der Waals surface area contributed by atoms with Gasteiger partial charge in [0.25, 0.3) is 5.91 Å². The first kappa shape index (κ1) is 32.2.